The number of anilines is 1. The molecule has 0 radical (unpaired) electrons. The Morgan fingerprint density at radius 3 is 2.30 bits per heavy atom. The first kappa shape index (κ1) is 23.6. The molecule has 0 unspecified atom stereocenters. The average Bonchev–Trinajstić information content (AvgIpc) is 2.78. The van der Waals surface area contributed by atoms with Gasteiger partial charge in [0.2, 0.25) is 0 Å². The predicted octanol–water partition coefficient (Wildman–Crippen LogP) is 6.14. The molecule has 0 aliphatic heterocycles. The Bertz CT molecular complexity index is 1180. The van der Waals surface area contributed by atoms with Gasteiger partial charge in [0.15, 0.2) is 11.5 Å². The zero-order chi connectivity index (χ0) is 23.8. The van der Waals surface area contributed by atoms with E-state index in [0.717, 1.165) is 5.56 Å². The summed E-state index contributed by atoms with van der Waals surface area (Å²) in [5, 5.41) is 12.2. The van der Waals surface area contributed by atoms with Gasteiger partial charge >= 0.3 is 0 Å². The second-order valence-electron chi connectivity index (χ2n) is 7.80. The maximum absolute atomic E-state index is 12.5. The van der Waals surface area contributed by atoms with Crippen LogP contribution in [0.2, 0.25) is 0 Å². The van der Waals surface area contributed by atoms with E-state index in [0.29, 0.717) is 36.0 Å². The Morgan fingerprint density at radius 2 is 1.67 bits per heavy atom. The van der Waals surface area contributed by atoms with Crippen LogP contribution < -0.4 is 14.8 Å². The highest BCUT2D eigenvalue weighted by Gasteiger charge is 2.12. The Hall–Kier alpha value is -4.04. The number of nitrogens with one attached hydrogen (secondary N) is 1. The van der Waals surface area contributed by atoms with Gasteiger partial charge in [0.05, 0.1) is 6.61 Å². The van der Waals surface area contributed by atoms with Crippen molar-refractivity contribution in [3.63, 3.8) is 0 Å². The highest BCUT2D eigenvalue weighted by Crippen LogP contribution is 2.31. The SMILES string of the molecule is CCOc1cc(/C=C(\C#N)C(=O)Nc2ccccc2)ccc1OCc1c(C)cc(C)cc1C. The third kappa shape index (κ3) is 6.24. The molecule has 3 rings (SSSR count). The molecule has 0 aliphatic carbocycles. The van der Waals surface area contributed by atoms with Crippen molar-refractivity contribution in [3.8, 4) is 17.6 Å². The van der Waals surface area contributed by atoms with E-state index in [9.17, 15) is 10.1 Å². The standard InChI is InChI=1S/C28H28N2O3/c1-5-32-27-16-22(15-23(17-29)28(31)30-24-9-7-6-8-10-24)11-12-26(27)33-18-25-20(3)13-19(2)14-21(25)4/h6-16H,5,18H2,1-4H3,(H,30,31)/b23-15+. The Labute approximate surface area is 195 Å². The lowest BCUT2D eigenvalue weighted by Gasteiger charge is -2.16. The molecular formula is C28H28N2O3. The van der Waals surface area contributed by atoms with Gasteiger partial charge in [0, 0.05) is 5.69 Å². The molecule has 0 aliphatic rings. The second-order valence-corrected chi connectivity index (χ2v) is 7.80. The molecule has 5 heteroatoms. The van der Waals surface area contributed by atoms with Crippen molar-refractivity contribution in [1.82, 2.24) is 0 Å². The van der Waals surface area contributed by atoms with E-state index in [2.05, 4.69) is 38.2 Å². The fourth-order valence-electron chi connectivity index (χ4n) is 3.62. The minimum Gasteiger partial charge on any atom is -0.490 e. The zero-order valence-corrected chi connectivity index (χ0v) is 19.4. The minimum atomic E-state index is -0.465. The van der Waals surface area contributed by atoms with Gasteiger partial charge in [-0.25, -0.2) is 0 Å². The molecule has 0 saturated carbocycles. The quantitative estimate of drug-likeness (QED) is 0.338. The van der Waals surface area contributed by atoms with Crippen LogP contribution in [0.25, 0.3) is 6.08 Å². The van der Waals surface area contributed by atoms with Gasteiger partial charge < -0.3 is 14.8 Å². The Balaban J connectivity index is 1.81. The summed E-state index contributed by atoms with van der Waals surface area (Å²) in [5.74, 6) is 0.711. The van der Waals surface area contributed by atoms with Crippen molar-refractivity contribution in [2.45, 2.75) is 34.3 Å². The predicted molar refractivity (Wildman–Crippen MR) is 131 cm³/mol. The van der Waals surface area contributed by atoms with Crippen molar-refractivity contribution in [2.24, 2.45) is 0 Å². The molecule has 0 aromatic heterocycles. The van der Waals surface area contributed by atoms with Crippen LogP contribution in [-0.4, -0.2) is 12.5 Å². The molecule has 0 heterocycles. The molecule has 168 valence electrons. The van der Waals surface area contributed by atoms with E-state index in [1.54, 1.807) is 36.4 Å². The number of para-hydroxylation sites is 1. The lowest BCUT2D eigenvalue weighted by Crippen LogP contribution is -2.13. The topological polar surface area (TPSA) is 71.3 Å². The number of carbonyl (C=O) groups excluding carboxylic acids is 1. The van der Waals surface area contributed by atoms with Crippen LogP contribution in [0.15, 0.2) is 66.2 Å². The Kier molecular flexibility index (Phi) is 7.88. The van der Waals surface area contributed by atoms with E-state index in [1.807, 2.05) is 31.2 Å². The fraction of sp³-hybridized carbons (Fsp3) is 0.214. The maximum atomic E-state index is 12.5. The zero-order valence-electron chi connectivity index (χ0n) is 19.4. The third-order valence-corrected chi connectivity index (χ3v) is 5.19. The summed E-state index contributed by atoms with van der Waals surface area (Å²) in [6.07, 6.45) is 1.54. The summed E-state index contributed by atoms with van der Waals surface area (Å²) < 4.78 is 11.9. The van der Waals surface area contributed by atoms with E-state index in [4.69, 9.17) is 9.47 Å². The number of amides is 1. The number of nitriles is 1. The first-order chi connectivity index (χ1) is 15.9. The summed E-state index contributed by atoms with van der Waals surface area (Å²) in [6, 6.07) is 20.7. The number of aryl methyl sites for hydroxylation is 3. The lowest BCUT2D eigenvalue weighted by molar-refractivity contribution is -0.112. The highest BCUT2D eigenvalue weighted by molar-refractivity contribution is 6.09. The summed E-state index contributed by atoms with van der Waals surface area (Å²) in [6.45, 7) is 9.04. The van der Waals surface area contributed by atoms with Gasteiger partial charge in [-0.3, -0.25) is 4.79 Å². The fourth-order valence-corrected chi connectivity index (χ4v) is 3.62. The largest absolute Gasteiger partial charge is 0.490 e. The molecule has 0 fully saturated rings. The number of hydrogen-bond donors (Lipinski definition) is 1. The molecule has 1 N–H and O–H groups in total. The summed E-state index contributed by atoms with van der Waals surface area (Å²) >= 11 is 0. The number of carbonyl (C=O) groups is 1. The molecule has 33 heavy (non-hydrogen) atoms. The molecule has 0 spiro atoms. The van der Waals surface area contributed by atoms with Gasteiger partial charge in [0.1, 0.15) is 18.2 Å². The molecule has 5 nitrogen and oxygen atoms in total. The second kappa shape index (κ2) is 11.0. The molecular weight excluding hydrogens is 412 g/mol. The molecule has 3 aromatic carbocycles. The molecule has 3 aromatic rings. The van der Waals surface area contributed by atoms with Crippen LogP contribution in [0, 0.1) is 32.1 Å². The van der Waals surface area contributed by atoms with E-state index in [1.165, 1.54) is 16.7 Å². The first-order valence-electron chi connectivity index (χ1n) is 10.9. The van der Waals surface area contributed by atoms with Gasteiger partial charge in [0.25, 0.3) is 5.91 Å². The van der Waals surface area contributed by atoms with Crippen molar-refractivity contribution in [2.75, 3.05) is 11.9 Å². The van der Waals surface area contributed by atoms with Gasteiger partial charge in [-0.1, -0.05) is 42.0 Å². The monoisotopic (exact) mass is 440 g/mol. The van der Waals surface area contributed by atoms with Crippen LogP contribution in [0.1, 0.15) is 34.7 Å². The number of hydrogen-bond acceptors (Lipinski definition) is 4. The van der Waals surface area contributed by atoms with Crippen LogP contribution in [0.5, 0.6) is 11.5 Å². The smallest absolute Gasteiger partial charge is 0.266 e. The average molecular weight is 441 g/mol. The Morgan fingerprint density at radius 1 is 0.970 bits per heavy atom. The number of nitrogens with zero attached hydrogens (tertiary/aromatic N) is 1. The van der Waals surface area contributed by atoms with E-state index in [-0.39, 0.29) is 5.57 Å². The van der Waals surface area contributed by atoms with Gasteiger partial charge in [-0.15, -0.1) is 0 Å². The van der Waals surface area contributed by atoms with Crippen LogP contribution in [-0.2, 0) is 11.4 Å². The highest BCUT2D eigenvalue weighted by atomic mass is 16.5. The van der Waals surface area contributed by atoms with Crippen molar-refractivity contribution in [1.29, 1.82) is 5.26 Å². The maximum Gasteiger partial charge on any atom is 0.266 e. The first-order valence-corrected chi connectivity index (χ1v) is 10.9. The van der Waals surface area contributed by atoms with Gasteiger partial charge in [-0.05, 0) is 80.3 Å². The molecule has 0 saturated heterocycles. The molecule has 0 atom stereocenters. The number of rotatable bonds is 8. The van der Waals surface area contributed by atoms with E-state index >= 15 is 0 Å². The van der Waals surface area contributed by atoms with Crippen LogP contribution in [0.4, 0.5) is 5.69 Å². The van der Waals surface area contributed by atoms with Crippen LogP contribution >= 0.6 is 0 Å². The molecule has 0 bridgehead atoms. The summed E-state index contributed by atoms with van der Waals surface area (Å²) in [5.41, 5.74) is 6.06. The lowest BCUT2D eigenvalue weighted by atomic mass is 10.0. The minimum absolute atomic E-state index is 0.000810. The van der Waals surface area contributed by atoms with Crippen molar-refractivity contribution >= 4 is 17.7 Å². The van der Waals surface area contributed by atoms with Crippen molar-refractivity contribution in [3.05, 3.63) is 94.1 Å². The number of benzene rings is 3. The number of ether oxygens (including phenoxy) is 2. The normalized spacial score (nSPS) is 10.9. The van der Waals surface area contributed by atoms with Crippen molar-refractivity contribution < 1.29 is 14.3 Å². The summed E-state index contributed by atoms with van der Waals surface area (Å²) in [4.78, 5) is 12.5. The van der Waals surface area contributed by atoms with Crippen LogP contribution in [0.3, 0.4) is 0 Å². The molecule has 1 amide bonds. The van der Waals surface area contributed by atoms with E-state index < -0.39 is 5.91 Å². The third-order valence-electron chi connectivity index (χ3n) is 5.19. The summed E-state index contributed by atoms with van der Waals surface area (Å²) in [7, 11) is 0. The van der Waals surface area contributed by atoms with Gasteiger partial charge in [-0.2, -0.15) is 5.26 Å².